The van der Waals surface area contributed by atoms with Crippen LogP contribution >= 0.6 is 0 Å². The molecule has 0 bridgehead atoms. The fourth-order valence-electron chi connectivity index (χ4n) is 1.48. The molecule has 2 N–H and O–H groups in total. The molecule has 1 atom stereocenters. The van der Waals surface area contributed by atoms with E-state index < -0.39 is 16.1 Å². The van der Waals surface area contributed by atoms with Crippen molar-refractivity contribution in [3.63, 3.8) is 0 Å². The number of aliphatic hydroxyl groups is 1. The highest BCUT2D eigenvalue weighted by molar-refractivity contribution is 7.89. The predicted octanol–water partition coefficient (Wildman–Crippen LogP) is 0.175. The van der Waals surface area contributed by atoms with Gasteiger partial charge in [-0.3, -0.25) is 4.79 Å². The first-order chi connectivity index (χ1) is 8.90. The number of aliphatic hydroxyl groups excluding tert-OH is 1. The third kappa shape index (κ3) is 4.39. The molecule has 6 nitrogen and oxygen atoms in total. The minimum atomic E-state index is -3.74. The second-order valence-electron chi connectivity index (χ2n) is 4.04. The number of rotatable bonds is 7. The van der Waals surface area contributed by atoms with E-state index in [2.05, 4.69) is 4.72 Å². The summed E-state index contributed by atoms with van der Waals surface area (Å²) >= 11 is 0. The van der Waals surface area contributed by atoms with E-state index in [0.717, 1.165) is 0 Å². The van der Waals surface area contributed by atoms with Gasteiger partial charge in [0.25, 0.3) is 0 Å². The van der Waals surface area contributed by atoms with Crippen molar-refractivity contribution < 1.29 is 23.1 Å². The quantitative estimate of drug-likeness (QED) is 0.698. The highest BCUT2D eigenvalue weighted by atomic mass is 32.2. The smallest absolute Gasteiger partial charge is 0.240 e. The Balaban J connectivity index is 2.90. The number of nitrogens with one attached hydrogen (secondary N) is 1. The minimum Gasteiger partial charge on any atom is -0.395 e. The standard InChI is InChI=1S/C12H17NO5S/c1-9(15)10-3-5-12(6-4-10)19(16,17)13-11(7-14)8-18-2/h3-6,11,13-14H,7-8H2,1-2H3. The Hall–Kier alpha value is -1.28. The molecule has 0 saturated carbocycles. The van der Waals surface area contributed by atoms with E-state index in [0.29, 0.717) is 5.56 Å². The number of carbonyl (C=O) groups excluding carboxylic acids is 1. The van der Waals surface area contributed by atoms with Gasteiger partial charge in [-0.05, 0) is 19.1 Å². The van der Waals surface area contributed by atoms with Crippen molar-refractivity contribution in [3.8, 4) is 0 Å². The number of ketones is 1. The third-order valence-corrected chi connectivity index (χ3v) is 4.02. The van der Waals surface area contributed by atoms with Crippen LogP contribution in [0, 0.1) is 0 Å². The number of Topliss-reactive ketones (excluding diaryl/α,β-unsaturated/α-hetero) is 1. The van der Waals surface area contributed by atoms with Crippen molar-refractivity contribution in [2.45, 2.75) is 17.9 Å². The number of ether oxygens (including phenoxy) is 1. The van der Waals surface area contributed by atoms with Gasteiger partial charge in [0.2, 0.25) is 10.0 Å². The number of sulfonamides is 1. The number of hydrogen-bond acceptors (Lipinski definition) is 5. The van der Waals surface area contributed by atoms with Gasteiger partial charge in [0, 0.05) is 12.7 Å². The summed E-state index contributed by atoms with van der Waals surface area (Å²) in [6, 6.07) is 4.88. The largest absolute Gasteiger partial charge is 0.395 e. The Morgan fingerprint density at radius 3 is 2.37 bits per heavy atom. The average molecular weight is 287 g/mol. The van der Waals surface area contributed by atoms with Crippen molar-refractivity contribution in [2.75, 3.05) is 20.3 Å². The molecule has 0 heterocycles. The first kappa shape index (κ1) is 15.8. The molecule has 0 aliphatic carbocycles. The zero-order chi connectivity index (χ0) is 14.5. The molecule has 1 rings (SSSR count). The lowest BCUT2D eigenvalue weighted by Crippen LogP contribution is -2.40. The number of methoxy groups -OCH3 is 1. The monoisotopic (exact) mass is 287 g/mol. The second kappa shape index (κ2) is 6.76. The zero-order valence-electron chi connectivity index (χ0n) is 10.8. The van der Waals surface area contributed by atoms with E-state index in [-0.39, 0.29) is 23.9 Å². The van der Waals surface area contributed by atoms with Crippen molar-refractivity contribution in [3.05, 3.63) is 29.8 Å². The highest BCUT2D eigenvalue weighted by Gasteiger charge is 2.19. The van der Waals surface area contributed by atoms with Crippen LogP contribution in [0.3, 0.4) is 0 Å². The summed E-state index contributed by atoms with van der Waals surface area (Å²) in [5.41, 5.74) is 0.439. The van der Waals surface area contributed by atoms with Crippen molar-refractivity contribution in [1.82, 2.24) is 4.72 Å². The molecule has 0 radical (unpaired) electrons. The predicted molar refractivity (Wildman–Crippen MR) is 69.5 cm³/mol. The lowest BCUT2D eigenvalue weighted by atomic mass is 10.2. The van der Waals surface area contributed by atoms with E-state index >= 15 is 0 Å². The van der Waals surface area contributed by atoms with Crippen LogP contribution in [0.2, 0.25) is 0 Å². The number of hydrogen-bond donors (Lipinski definition) is 2. The molecule has 106 valence electrons. The average Bonchev–Trinajstić information content (AvgIpc) is 2.38. The summed E-state index contributed by atoms with van der Waals surface area (Å²) in [6.45, 7) is 1.11. The van der Waals surface area contributed by atoms with Crippen LogP contribution in [0.25, 0.3) is 0 Å². The summed E-state index contributed by atoms with van der Waals surface area (Å²) < 4.78 is 31.1. The summed E-state index contributed by atoms with van der Waals surface area (Å²) in [7, 11) is -2.32. The maximum atomic E-state index is 12.0. The molecule has 0 aliphatic rings. The molecular formula is C12H17NO5S. The Kier molecular flexibility index (Phi) is 5.61. The van der Waals surface area contributed by atoms with Crippen LogP contribution in [0.15, 0.2) is 29.2 Å². The fourth-order valence-corrected chi connectivity index (χ4v) is 2.69. The SMILES string of the molecule is COCC(CO)NS(=O)(=O)c1ccc(C(C)=O)cc1. The maximum absolute atomic E-state index is 12.0. The maximum Gasteiger partial charge on any atom is 0.240 e. The summed E-state index contributed by atoms with van der Waals surface area (Å²) in [5, 5.41) is 9.03. The van der Waals surface area contributed by atoms with E-state index in [1.807, 2.05) is 0 Å². The Morgan fingerprint density at radius 1 is 1.37 bits per heavy atom. The first-order valence-corrected chi connectivity index (χ1v) is 7.12. The van der Waals surface area contributed by atoms with Gasteiger partial charge in [0.15, 0.2) is 5.78 Å². The molecule has 0 amide bonds. The van der Waals surface area contributed by atoms with E-state index in [1.54, 1.807) is 0 Å². The van der Waals surface area contributed by atoms with Crippen LogP contribution in [-0.2, 0) is 14.8 Å². The Morgan fingerprint density at radius 2 is 1.95 bits per heavy atom. The van der Waals surface area contributed by atoms with Crippen LogP contribution in [-0.4, -0.2) is 45.7 Å². The Bertz CT molecular complexity index is 524. The normalized spacial score (nSPS) is 13.2. The molecule has 0 saturated heterocycles. The highest BCUT2D eigenvalue weighted by Crippen LogP contribution is 2.11. The molecule has 0 fully saturated rings. The van der Waals surface area contributed by atoms with Gasteiger partial charge in [-0.1, -0.05) is 12.1 Å². The zero-order valence-corrected chi connectivity index (χ0v) is 11.6. The molecule has 1 aromatic carbocycles. The van der Waals surface area contributed by atoms with Gasteiger partial charge in [-0.25, -0.2) is 13.1 Å². The lowest BCUT2D eigenvalue weighted by molar-refractivity contribution is 0.101. The van der Waals surface area contributed by atoms with Crippen molar-refractivity contribution in [2.24, 2.45) is 0 Å². The minimum absolute atomic E-state index is 0.0343. The van der Waals surface area contributed by atoms with Gasteiger partial charge in [-0.2, -0.15) is 0 Å². The number of carbonyl (C=O) groups is 1. The molecule has 0 spiro atoms. The summed E-state index contributed by atoms with van der Waals surface area (Å²) in [4.78, 5) is 11.1. The molecular weight excluding hydrogens is 270 g/mol. The topological polar surface area (TPSA) is 92.7 Å². The van der Waals surface area contributed by atoms with Gasteiger partial charge in [-0.15, -0.1) is 0 Å². The van der Waals surface area contributed by atoms with E-state index in [9.17, 15) is 13.2 Å². The molecule has 1 aromatic rings. The van der Waals surface area contributed by atoms with Gasteiger partial charge < -0.3 is 9.84 Å². The summed E-state index contributed by atoms with van der Waals surface area (Å²) in [5.74, 6) is -0.135. The van der Waals surface area contributed by atoms with Crippen LogP contribution < -0.4 is 4.72 Å². The molecule has 7 heteroatoms. The molecule has 0 aliphatic heterocycles. The molecule has 0 aromatic heterocycles. The van der Waals surface area contributed by atoms with Crippen LogP contribution in [0.1, 0.15) is 17.3 Å². The first-order valence-electron chi connectivity index (χ1n) is 5.64. The van der Waals surface area contributed by atoms with E-state index in [4.69, 9.17) is 9.84 Å². The summed E-state index contributed by atoms with van der Waals surface area (Å²) in [6.07, 6.45) is 0. The second-order valence-corrected chi connectivity index (χ2v) is 5.75. The van der Waals surface area contributed by atoms with Crippen LogP contribution in [0.5, 0.6) is 0 Å². The third-order valence-electron chi connectivity index (χ3n) is 2.48. The number of benzene rings is 1. The van der Waals surface area contributed by atoms with Crippen molar-refractivity contribution >= 4 is 15.8 Å². The lowest BCUT2D eigenvalue weighted by Gasteiger charge is -2.15. The van der Waals surface area contributed by atoms with Gasteiger partial charge >= 0.3 is 0 Å². The fraction of sp³-hybridized carbons (Fsp3) is 0.417. The van der Waals surface area contributed by atoms with E-state index in [1.165, 1.54) is 38.3 Å². The van der Waals surface area contributed by atoms with Gasteiger partial charge in [0.05, 0.1) is 24.2 Å². The van der Waals surface area contributed by atoms with Crippen LogP contribution in [0.4, 0.5) is 0 Å². The van der Waals surface area contributed by atoms with Gasteiger partial charge in [0.1, 0.15) is 0 Å². The molecule has 19 heavy (non-hydrogen) atoms. The Labute approximate surface area is 112 Å². The molecule has 1 unspecified atom stereocenters. The van der Waals surface area contributed by atoms with Crippen molar-refractivity contribution in [1.29, 1.82) is 0 Å².